The van der Waals surface area contributed by atoms with Crippen LogP contribution in [0.1, 0.15) is 27.2 Å². The molecule has 0 aromatic rings. The highest BCUT2D eigenvalue weighted by atomic mass is 16.6. The van der Waals surface area contributed by atoms with E-state index in [-0.39, 0.29) is 12.6 Å². The molecule has 1 atom stereocenters. The summed E-state index contributed by atoms with van der Waals surface area (Å²) >= 11 is 0. The van der Waals surface area contributed by atoms with Gasteiger partial charge in [0, 0.05) is 19.1 Å². The average molecular weight is 274 g/mol. The number of carbonyl (C=O) groups excluding carboxylic acids is 1. The molecule has 1 N–H and O–H groups in total. The van der Waals surface area contributed by atoms with Gasteiger partial charge in [0.15, 0.2) is 0 Å². The van der Waals surface area contributed by atoms with Crippen LogP contribution in [0.25, 0.3) is 0 Å². The molecule has 0 saturated heterocycles. The first-order valence-corrected chi connectivity index (χ1v) is 7.07. The number of rotatable bonds is 11. The lowest BCUT2D eigenvalue weighted by Gasteiger charge is -2.24. The molecule has 0 fully saturated rings. The fourth-order valence-corrected chi connectivity index (χ4v) is 1.93. The molecule has 5 heteroatoms. The fraction of sp³-hybridized carbons (Fsp3) is 0.929. The molecule has 0 aliphatic heterocycles. The molecular weight excluding hydrogens is 244 g/mol. The third-order valence-electron chi connectivity index (χ3n) is 2.55. The molecule has 0 rings (SSSR count). The van der Waals surface area contributed by atoms with Crippen LogP contribution >= 0.6 is 0 Å². The highest BCUT2D eigenvalue weighted by Gasteiger charge is 2.11. The van der Waals surface area contributed by atoms with Gasteiger partial charge < -0.3 is 19.7 Å². The monoisotopic (exact) mass is 274 g/mol. The minimum atomic E-state index is -0.297. The van der Waals surface area contributed by atoms with Crippen LogP contribution in [0.4, 0.5) is 0 Å². The molecule has 19 heavy (non-hydrogen) atoms. The van der Waals surface area contributed by atoms with Crippen LogP contribution in [0, 0.1) is 5.92 Å². The van der Waals surface area contributed by atoms with Crippen molar-refractivity contribution in [1.82, 2.24) is 10.2 Å². The van der Waals surface area contributed by atoms with Crippen molar-refractivity contribution in [2.24, 2.45) is 5.92 Å². The molecule has 5 nitrogen and oxygen atoms in total. The van der Waals surface area contributed by atoms with Crippen LogP contribution in [0.15, 0.2) is 0 Å². The summed E-state index contributed by atoms with van der Waals surface area (Å²) < 4.78 is 10.0. The van der Waals surface area contributed by atoms with E-state index in [0.717, 1.165) is 19.5 Å². The Morgan fingerprint density at radius 1 is 1.32 bits per heavy atom. The lowest BCUT2D eigenvalue weighted by atomic mass is 10.0. The Balaban J connectivity index is 3.71. The first kappa shape index (κ1) is 18.4. The van der Waals surface area contributed by atoms with E-state index in [1.54, 1.807) is 6.92 Å². The van der Waals surface area contributed by atoms with Gasteiger partial charge in [0.1, 0.15) is 6.61 Å². The summed E-state index contributed by atoms with van der Waals surface area (Å²) in [5.41, 5.74) is 0. The SMILES string of the molecule is CCOC(=O)COCCNC(CC(C)C)CN(C)C. The maximum Gasteiger partial charge on any atom is 0.332 e. The van der Waals surface area contributed by atoms with Gasteiger partial charge in [-0.3, -0.25) is 0 Å². The molecule has 114 valence electrons. The van der Waals surface area contributed by atoms with Crippen molar-refractivity contribution in [2.45, 2.75) is 33.2 Å². The summed E-state index contributed by atoms with van der Waals surface area (Å²) in [5.74, 6) is 0.368. The second-order valence-corrected chi connectivity index (χ2v) is 5.40. The second-order valence-electron chi connectivity index (χ2n) is 5.40. The van der Waals surface area contributed by atoms with Gasteiger partial charge in [-0.1, -0.05) is 13.8 Å². The Morgan fingerprint density at radius 2 is 2.00 bits per heavy atom. The normalized spacial score (nSPS) is 13.0. The van der Waals surface area contributed by atoms with Crippen molar-refractivity contribution in [3.05, 3.63) is 0 Å². The molecule has 0 radical (unpaired) electrons. The van der Waals surface area contributed by atoms with Crippen molar-refractivity contribution in [1.29, 1.82) is 0 Å². The summed E-state index contributed by atoms with van der Waals surface area (Å²) in [6.45, 7) is 8.97. The maximum atomic E-state index is 11.1. The number of hydrogen-bond donors (Lipinski definition) is 1. The Bertz CT molecular complexity index is 223. The molecule has 0 bridgehead atoms. The molecule has 0 amide bonds. The van der Waals surface area contributed by atoms with Crippen molar-refractivity contribution < 1.29 is 14.3 Å². The van der Waals surface area contributed by atoms with Crippen molar-refractivity contribution in [3.8, 4) is 0 Å². The number of nitrogens with zero attached hydrogens (tertiary/aromatic N) is 1. The van der Waals surface area contributed by atoms with Crippen LogP contribution in [-0.2, 0) is 14.3 Å². The van der Waals surface area contributed by atoms with Crippen LogP contribution < -0.4 is 5.32 Å². The number of esters is 1. The smallest absolute Gasteiger partial charge is 0.332 e. The predicted molar refractivity (Wildman–Crippen MR) is 77.3 cm³/mol. The quantitative estimate of drug-likeness (QED) is 0.452. The van der Waals surface area contributed by atoms with Gasteiger partial charge in [-0.25, -0.2) is 4.79 Å². The molecule has 1 unspecified atom stereocenters. The van der Waals surface area contributed by atoms with Crippen molar-refractivity contribution >= 4 is 5.97 Å². The number of nitrogens with one attached hydrogen (secondary N) is 1. The fourth-order valence-electron chi connectivity index (χ4n) is 1.93. The standard InChI is InChI=1S/C14H30N2O3/c1-6-19-14(17)11-18-8-7-15-13(9-12(2)3)10-16(4)5/h12-13,15H,6-11H2,1-5H3. The number of carbonyl (C=O) groups is 1. The molecule has 0 spiro atoms. The van der Waals surface area contributed by atoms with E-state index in [4.69, 9.17) is 9.47 Å². The average Bonchev–Trinajstić information content (AvgIpc) is 2.27. The lowest BCUT2D eigenvalue weighted by Crippen LogP contribution is -2.40. The van der Waals surface area contributed by atoms with Gasteiger partial charge in [-0.2, -0.15) is 0 Å². The summed E-state index contributed by atoms with van der Waals surface area (Å²) in [4.78, 5) is 13.2. The van der Waals surface area contributed by atoms with E-state index in [1.807, 2.05) is 0 Å². The van der Waals surface area contributed by atoms with Gasteiger partial charge >= 0.3 is 5.97 Å². The van der Waals surface area contributed by atoms with E-state index in [2.05, 4.69) is 38.2 Å². The van der Waals surface area contributed by atoms with Crippen molar-refractivity contribution in [3.63, 3.8) is 0 Å². The largest absolute Gasteiger partial charge is 0.464 e. The summed E-state index contributed by atoms with van der Waals surface area (Å²) in [5, 5.41) is 3.47. The highest BCUT2D eigenvalue weighted by molar-refractivity contribution is 5.70. The van der Waals surface area contributed by atoms with Crippen molar-refractivity contribution in [2.75, 3.05) is 47.0 Å². The molecule has 0 aliphatic carbocycles. The molecule has 0 heterocycles. The second kappa shape index (κ2) is 11.2. The first-order valence-electron chi connectivity index (χ1n) is 7.07. The Labute approximate surface area is 117 Å². The molecular formula is C14H30N2O3. The van der Waals surface area contributed by atoms with Gasteiger partial charge in [0.2, 0.25) is 0 Å². The van der Waals surface area contributed by atoms with Gasteiger partial charge in [0.05, 0.1) is 13.2 Å². The third-order valence-corrected chi connectivity index (χ3v) is 2.55. The highest BCUT2D eigenvalue weighted by Crippen LogP contribution is 2.05. The summed E-state index contributed by atoms with van der Waals surface area (Å²) in [6, 6.07) is 0.459. The summed E-state index contributed by atoms with van der Waals surface area (Å²) in [7, 11) is 4.15. The van der Waals surface area contributed by atoms with E-state index in [1.165, 1.54) is 0 Å². The molecule has 0 saturated carbocycles. The third kappa shape index (κ3) is 12.1. The molecule has 0 aromatic carbocycles. The van der Waals surface area contributed by atoms with Gasteiger partial charge in [-0.05, 0) is 33.4 Å². The minimum Gasteiger partial charge on any atom is -0.464 e. The first-order chi connectivity index (χ1) is 8.95. The predicted octanol–water partition coefficient (Wildman–Crippen LogP) is 1.13. The zero-order chi connectivity index (χ0) is 14.7. The molecule has 0 aliphatic rings. The van der Waals surface area contributed by atoms with Crippen LogP contribution in [0.3, 0.4) is 0 Å². The zero-order valence-electron chi connectivity index (χ0n) is 13.1. The van der Waals surface area contributed by atoms with E-state index in [0.29, 0.717) is 25.2 Å². The van der Waals surface area contributed by atoms with Crippen LogP contribution in [0.5, 0.6) is 0 Å². The van der Waals surface area contributed by atoms with E-state index < -0.39 is 0 Å². The topological polar surface area (TPSA) is 50.8 Å². The number of likely N-dealkylation sites (N-methyl/N-ethyl adjacent to an activating group) is 1. The number of hydrogen-bond acceptors (Lipinski definition) is 5. The minimum absolute atomic E-state index is 0.0397. The Kier molecular flexibility index (Phi) is 10.8. The van der Waals surface area contributed by atoms with Gasteiger partial charge in [-0.15, -0.1) is 0 Å². The zero-order valence-corrected chi connectivity index (χ0v) is 13.1. The van der Waals surface area contributed by atoms with Crippen LogP contribution in [0.2, 0.25) is 0 Å². The van der Waals surface area contributed by atoms with E-state index >= 15 is 0 Å². The van der Waals surface area contributed by atoms with Crippen LogP contribution in [-0.4, -0.2) is 63.9 Å². The molecule has 0 aromatic heterocycles. The maximum absolute atomic E-state index is 11.1. The lowest BCUT2D eigenvalue weighted by molar-refractivity contribution is -0.148. The number of ether oxygens (including phenoxy) is 2. The van der Waals surface area contributed by atoms with E-state index in [9.17, 15) is 4.79 Å². The summed E-state index contributed by atoms with van der Waals surface area (Å²) in [6.07, 6.45) is 1.13. The van der Waals surface area contributed by atoms with Gasteiger partial charge in [0.25, 0.3) is 0 Å². The Hall–Kier alpha value is -0.650. The Morgan fingerprint density at radius 3 is 2.53 bits per heavy atom.